The Balaban J connectivity index is 2.69. The normalized spacial score (nSPS) is 13.2. The SMILES string of the molecule is CCCCOc1ccc(S(=O)(=O)NC(C)CS)cc1. The van der Waals surface area contributed by atoms with Crippen molar-refractivity contribution < 1.29 is 13.2 Å². The minimum atomic E-state index is -3.47. The molecule has 0 heterocycles. The van der Waals surface area contributed by atoms with E-state index in [4.69, 9.17) is 4.74 Å². The summed E-state index contributed by atoms with van der Waals surface area (Å²) in [4.78, 5) is 0.240. The van der Waals surface area contributed by atoms with Gasteiger partial charge in [-0.15, -0.1) is 0 Å². The van der Waals surface area contributed by atoms with Gasteiger partial charge in [-0.2, -0.15) is 12.6 Å². The maximum absolute atomic E-state index is 12.0. The summed E-state index contributed by atoms with van der Waals surface area (Å²) >= 11 is 4.06. The van der Waals surface area contributed by atoms with Crippen molar-refractivity contribution in [2.45, 2.75) is 37.6 Å². The van der Waals surface area contributed by atoms with E-state index in [0.717, 1.165) is 12.8 Å². The highest BCUT2D eigenvalue weighted by molar-refractivity contribution is 7.89. The summed E-state index contributed by atoms with van der Waals surface area (Å²) in [7, 11) is -3.47. The van der Waals surface area contributed by atoms with Gasteiger partial charge < -0.3 is 4.74 Å². The van der Waals surface area contributed by atoms with E-state index in [0.29, 0.717) is 18.1 Å². The Labute approximate surface area is 121 Å². The molecule has 0 aliphatic rings. The minimum absolute atomic E-state index is 0.200. The fourth-order valence-corrected chi connectivity index (χ4v) is 2.88. The van der Waals surface area contributed by atoms with Gasteiger partial charge in [-0.25, -0.2) is 13.1 Å². The van der Waals surface area contributed by atoms with Crippen LogP contribution < -0.4 is 9.46 Å². The standard InChI is InChI=1S/C13H21NO3S2/c1-3-4-9-17-12-5-7-13(8-6-12)19(15,16)14-11(2)10-18/h5-8,11,14,18H,3-4,9-10H2,1-2H3. The lowest BCUT2D eigenvalue weighted by Gasteiger charge is -2.12. The van der Waals surface area contributed by atoms with Crippen molar-refractivity contribution in [2.75, 3.05) is 12.4 Å². The molecule has 0 fully saturated rings. The maximum atomic E-state index is 12.0. The van der Waals surface area contributed by atoms with Gasteiger partial charge in [-0.1, -0.05) is 13.3 Å². The second-order valence-corrected chi connectivity index (χ2v) is 6.46. The Hall–Kier alpha value is -0.720. The van der Waals surface area contributed by atoms with Crippen LogP contribution in [0.2, 0.25) is 0 Å². The second-order valence-electron chi connectivity index (χ2n) is 4.38. The average Bonchev–Trinajstić information content (AvgIpc) is 2.39. The molecule has 1 atom stereocenters. The van der Waals surface area contributed by atoms with Crippen molar-refractivity contribution in [3.05, 3.63) is 24.3 Å². The van der Waals surface area contributed by atoms with Crippen molar-refractivity contribution >= 4 is 22.7 Å². The van der Waals surface area contributed by atoms with Gasteiger partial charge in [0.2, 0.25) is 10.0 Å². The van der Waals surface area contributed by atoms with Crippen LogP contribution in [0.25, 0.3) is 0 Å². The van der Waals surface area contributed by atoms with Gasteiger partial charge in [0.05, 0.1) is 11.5 Å². The number of unbranched alkanes of at least 4 members (excludes halogenated alkanes) is 1. The number of sulfonamides is 1. The van der Waals surface area contributed by atoms with Crippen molar-refractivity contribution in [2.24, 2.45) is 0 Å². The summed E-state index contributed by atoms with van der Waals surface area (Å²) in [6.45, 7) is 4.51. The second kappa shape index (κ2) is 7.77. The molecule has 1 rings (SSSR count). The number of thiol groups is 1. The number of hydrogen-bond acceptors (Lipinski definition) is 4. The fraction of sp³-hybridized carbons (Fsp3) is 0.538. The molecule has 19 heavy (non-hydrogen) atoms. The Morgan fingerprint density at radius 1 is 1.32 bits per heavy atom. The molecule has 0 bridgehead atoms. The third-order valence-electron chi connectivity index (χ3n) is 2.53. The summed E-state index contributed by atoms with van der Waals surface area (Å²) < 4.78 is 32.0. The van der Waals surface area contributed by atoms with Gasteiger partial charge in [0.1, 0.15) is 5.75 Å². The lowest BCUT2D eigenvalue weighted by atomic mass is 10.3. The minimum Gasteiger partial charge on any atom is -0.494 e. The largest absolute Gasteiger partial charge is 0.494 e. The highest BCUT2D eigenvalue weighted by Gasteiger charge is 2.16. The molecule has 0 saturated carbocycles. The van der Waals surface area contributed by atoms with Crippen LogP contribution in [0.1, 0.15) is 26.7 Å². The Bertz CT molecular complexity index is 471. The van der Waals surface area contributed by atoms with E-state index in [1.54, 1.807) is 31.2 Å². The van der Waals surface area contributed by atoms with Gasteiger partial charge >= 0.3 is 0 Å². The zero-order chi connectivity index (χ0) is 14.3. The molecule has 0 radical (unpaired) electrons. The topological polar surface area (TPSA) is 55.4 Å². The Morgan fingerprint density at radius 3 is 2.47 bits per heavy atom. The number of hydrogen-bond donors (Lipinski definition) is 2. The van der Waals surface area contributed by atoms with Crippen LogP contribution in [0.15, 0.2) is 29.2 Å². The molecule has 1 unspecified atom stereocenters. The van der Waals surface area contributed by atoms with Crippen molar-refractivity contribution in [1.29, 1.82) is 0 Å². The van der Waals surface area contributed by atoms with Crippen molar-refractivity contribution in [3.8, 4) is 5.75 Å². The molecule has 0 spiro atoms. The van der Waals surface area contributed by atoms with Gasteiger partial charge in [0.15, 0.2) is 0 Å². The van der Waals surface area contributed by atoms with E-state index in [1.807, 2.05) is 0 Å². The number of ether oxygens (including phenoxy) is 1. The lowest BCUT2D eigenvalue weighted by Crippen LogP contribution is -2.33. The van der Waals surface area contributed by atoms with Crippen molar-refractivity contribution in [1.82, 2.24) is 4.72 Å². The van der Waals surface area contributed by atoms with Gasteiger partial charge in [0.25, 0.3) is 0 Å². The summed E-state index contributed by atoms with van der Waals surface area (Å²) in [6, 6.07) is 6.25. The molecule has 1 aromatic carbocycles. The third kappa shape index (κ3) is 5.42. The number of rotatable bonds is 8. The highest BCUT2D eigenvalue weighted by atomic mass is 32.2. The first-order valence-electron chi connectivity index (χ1n) is 6.35. The lowest BCUT2D eigenvalue weighted by molar-refractivity contribution is 0.309. The smallest absolute Gasteiger partial charge is 0.240 e. The van der Waals surface area contributed by atoms with Gasteiger partial charge in [-0.05, 0) is 37.6 Å². The number of nitrogens with one attached hydrogen (secondary N) is 1. The first kappa shape index (κ1) is 16.3. The molecule has 0 aliphatic carbocycles. The zero-order valence-corrected chi connectivity index (χ0v) is 13.0. The van der Waals surface area contributed by atoms with Crippen LogP contribution in [0, 0.1) is 0 Å². The zero-order valence-electron chi connectivity index (χ0n) is 11.3. The first-order valence-corrected chi connectivity index (χ1v) is 8.47. The van der Waals surface area contributed by atoms with Crippen LogP contribution in [-0.4, -0.2) is 26.8 Å². The molecule has 108 valence electrons. The molecular weight excluding hydrogens is 282 g/mol. The van der Waals surface area contributed by atoms with E-state index < -0.39 is 10.0 Å². The van der Waals surface area contributed by atoms with Crippen LogP contribution in [0.5, 0.6) is 5.75 Å². The van der Waals surface area contributed by atoms with E-state index in [-0.39, 0.29) is 10.9 Å². The van der Waals surface area contributed by atoms with E-state index >= 15 is 0 Å². The third-order valence-corrected chi connectivity index (χ3v) is 4.68. The summed E-state index contributed by atoms with van der Waals surface area (Å²) in [5, 5.41) is 0. The molecule has 0 aromatic heterocycles. The van der Waals surface area contributed by atoms with Crippen LogP contribution in [-0.2, 0) is 10.0 Å². The molecule has 1 aromatic rings. The fourth-order valence-electron chi connectivity index (χ4n) is 1.42. The monoisotopic (exact) mass is 303 g/mol. The molecule has 6 heteroatoms. The molecule has 0 aliphatic heterocycles. The molecule has 4 nitrogen and oxygen atoms in total. The van der Waals surface area contributed by atoms with Crippen LogP contribution >= 0.6 is 12.6 Å². The predicted octanol–water partition coefficient (Wildman–Crippen LogP) is 2.46. The van der Waals surface area contributed by atoms with E-state index in [9.17, 15) is 8.42 Å². The summed E-state index contributed by atoms with van der Waals surface area (Å²) in [5.74, 6) is 1.15. The molecule has 0 saturated heterocycles. The Morgan fingerprint density at radius 2 is 1.95 bits per heavy atom. The van der Waals surface area contributed by atoms with Gasteiger partial charge in [-0.3, -0.25) is 0 Å². The van der Waals surface area contributed by atoms with Crippen LogP contribution in [0.3, 0.4) is 0 Å². The Kier molecular flexibility index (Phi) is 6.68. The highest BCUT2D eigenvalue weighted by Crippen LogP contribution is 2.16. The molecule has 1 N–H and O–H groups in total. The van der Waals surface area contributed by atoms with Crippen molar-refractivity contribution in [3.63, 3.8) is 0 Å². The van der Waals surface area contributed by atoms with E-state index in [1.165, 1.54) is 0 Å². The van der Waals surface area contributed by atoms with Crippen LogP contribution in [0.4, 0.5) is 0 Å². The summed E-state index contributed by atoms with van der Waals surface area (Å²) in [5.41, 5.74) is 0. The van der Waals surface area contributed by atoms with Gasteiger partial charge in [0, 0.05) is 11.8 Å². The van der Waals surface area contributed by atoms with E-state index in [2.05, 4.69) is 24.3 Å². The maximum Gasteiger partial charge on any atom is 0.240 e. The predicted molar refractivity (Wildman–Crippen MR) is 80.5 cm³/mol. The first-order chi connectivity index (χ1) is 8.99. The average molecular weight is 303 g/mol. The summed E-state index contributed by atoms with van der Waals surface area (Å²) in [6.07, 6.45) is 2.05. The molecule has 0 amide bonds. The number of benzene rings is 1. The molecular formula is C13H21NO3S2. The quantitative estimate of drug-likeness (QED) is 0.573.